The molecule has 0 unspecified atom stereocenters. The van der Waals surface area contributed by atoms with E-state index in [0.29, 0.717) is 0 Å². The van der Waals surface area contributed by atoms with Crippen LogP contribution in [0.15, 0.2) is 91.0 Å². The Bertz CT molecular complexity index is 602. The van der Waals surface area contributed by atoms with Gasteiger partial charge < -0.3 is 0 Å². The van der Waals surface area contributed by atoms with E-state index in [9.17, 15) is 0 Å². The second-order valence-electron chi connectivity index (χ2n) is 5.20. The van der Waals surface area contributed by atoms with E-state index in [0.717, 1.165) is 12.8 Å². The van der Waals surface area contributed by atoms with Crippen molar-refractivity contribution in [2.45, 2.75) is 12.8 Å². The van der Waals surface area contributed by atoms with Gasteiger partial charge in [-0.3, -0.25) is 0 Å². The minimum absolute atomic E-state index is 1.05. The van der Waals surface area contributed by atoms with E-state index < -0.39 is 0 Å². The zero-order valence-corrected chi connectivity index (χ0v) is 12.1. The molecule has 0 heteroatoms. The first kappa shape index (κ1) is 13.6. The van der Waals surface area contributed by atoms with Gasteiger partial charge in [0.05, 0.1) is 0 Å². The second-order valence-corrected chi connectivity index (χ2v) is 5.20. The molecule has 0 aliphatic heterocycles. The van der Waals surface area contributed by atoms with Crippen LogP contribution < -0.4 is 0 Å². The van der Waals surface area contributed by atoms with Crippen molar-refractivity contribution in [2.24, 2.45) is 0 Å². The molecule has 0 fully saturated rings. The summed E-state index contributed by atoms with van der Waals surface area (Å²) in [6.45, 7) is 0. The Labute approximate surface area is 127 Å². The Morgan fingerprint density at radius 2 is 0.952 bits per heavy atom. The van der Waals surface area contributed by atoms with Gasteiger partial charge in [-0.1, -0.05) is 91.0 Å². The highest BCUT2D eigenvalue weighted by Gasteiger charge is 2.14. The number of rotatable bonds is 5. The normalized spacial score (nSPS) is 10.7. The molecule has 3 rings (SSSR count). The van der Waals surface area contributed by atoms with E-state index in [4.69, 9.17) is 0 Å². The van der Waals surface area contributed by atoms with Crippen LogP contribution in [0.2, 0.25) is 0 Å². The molecule has 0 N–H and O–H groups in total. The molecule has 0 aromatic heterocycles. The highest BCUT2D eigenvalue weighted by Crippen LogP contribution is 2.28. The lowest BCUT2D eigenvalue weighted by atomic mass is 9.86. The van der Waals surface area contributed by atoms with Gasteiger partial charge in [-0.05, 0) is 29.5 Å². The van der Waals surface area contributed by atoms with E-state index in [-0.39, 0.29) is 0 Å². The third-order valence-corrected chi connectivity index (χ3v) is 3.75. The quantitative estimate of drug-likeness (QED) is 0.591. The van der Waals surface area contributed by atoms with Gasteiger partial charge in [-0.25, -0.2) is 0 Å². The molecular formula is C21H19. The van der Waals surface area contributed by atoms with Gasteiger partial charge in [-0.2, -0.15) is 0 Å². The average Bonchev–Trinajstić information content (AvgIpc) is 2.58. The molecule has 1 radical (unpaired) electrons. The van der Waals surface area contributed by atoms with Crippen molar-refractivity contribution in [1.82, 2.24) is 0 Å². The van der Waals surface area contributed by atoms with Crippen LogP contribution in [-0.2, 0) is 6.42 Å². The molecule has 3 aromatic carbocycles. The molecule has 0 aliphatic rings. The summed E-state index contributed by atoms with van der Waals surface area (Å²) in [7, 11) is 0. The maximum atomic E-state index is 2.20. The van der Waals surface area contributed by atoms with Crippen LogP contribution >= 0.6 is 0 Å². The monoisotopic (exact) mass is 271 g/mol. The largest absolute Gasteiger partial charge is 0.0622 e. The highest BCUT2D eigenvalue weighted by atomic mass is 14.2. The van der Waals surface area contributed by atoms with Gasteiger partial charge in [0.2, 0.25) is 0 Å². The van der Waals surface area contributed by atoms with Gasteiger partial charge >= 0.3 is 0 Å². The first-order chi connectivity index (χ1) is 10.4. The predicted octanol–water partition coefficient (Wildman–Crippen LogP) is 5.29. The number of aryl methyl sites for hydroxylation is 1. The molecule has 0 atom stereocenters. The minimum Gasteiger partial charge on any atom is -0.0622 e. The van der Waals surface area contributed by atoms with Crippen molar-refractivity contribution in [1.29, 1.82) is 0 Å². The summed E-state index contributed by atoms with van der Waals surface area (Å²) in [4.78, 5) is 0. The summed E-state index contributed by atoms with van der Waals surface area (Å²) >= 11 is 0. The molecule has 0 bridgehead atoms. The number of benzene rings is 3. The van der Waals surface area contributed by atoms with Crippen LogP contribution in [0.25, 0.3) is 0 Å². The standard InChI is InChI=1S/C21H19/c1-4-10-18(11-5-1)16-17-21(19-12-6-2-7-13-19)20-14-8-3-9-15-20/h1-15H,16-17H2. The van der Waals surface area contributed by atoms with Crippen molar-refractivity contribution in [2.75, 3.05) is 0 Å². The van der Waals surface area contributed by atoms with E-state index in [1.165, 1.54) is 22.6 Å². The fourth-order valence-electron chi connectivity index (χ4n) is 2.65. The van der Waals surface area contributed by atoms with Gasteiger partial charge in [-0.15, -0.1) is 0 Å². The first-order valence-electron chi connectivity index (χ1n) is 7.44. The van der Waals surface area contributed by atoms with E-state index in [1.54, 1.807) is 0 Å². The molecule has 0 saturated heterocycles. The van der Waals surface area contributed by atoms with Crippen LogP contribution in [-0.4, -0.2) is 0 Å². The van der Waals surface area contributed by atoms with E-state index >= 15 is 0 Å². The minimum atomic E-state index is 1.05. The van der Waals surface area contributed by atoms with Crippen molar-refractivity contribution < 1.29 is 0 Å². The molecule has 3 aromatic rings. The molecular weight excluding hydrogens is 252 g/mol. The molecule has 0 heterocycles. The van der Waals surface area contributed by atoms with Gasteiger partial charge in [0.15, 0.2) is 0 Å². The summed E-state index contributed by atoms with van der Waals surface area (Å²) < 4.78 is 0. The Balaban J connectivity index is 1.83. The lowest BCUT2D eigenvalue weighted by molar-refractivity contribution is 0.877. The maximum absolute atomic E-state index is 2.20. The van der Waals surface area contributed by atoms with Crippen LogP contribution in [0.4, 0.5) is 0 Å². The Kier molecular flexibility index (Phi) is 4.48. The van der Waals surface area contributed by atoms with Gasteiger partial charge in [0.1, 0.15) is 0 Å². The van der Waals surface area contributed by atoms with E-state index in [2.05, 4.69) is 91.0 Å². The van der Waals surface area contributed by atoms with Crippen molar-refractivity contribution in [3.05, 3.63) is 114 Å². The Hall–Kier alpha value is -2.34. The van der Waals surface area contributed by atoms with Crippen LogP contribution in [0.1, 0.15) is 23.1 Å². The van der Waals surface area contributed by atoms with E-state index in [1.807, 2.05) is 0 Å². The van der Waals surface area contributed by atoms with Crippen LogP contribution in [0, 0.1) is 5.92 Å². The summed E-state index contributed by atoms with van der Waals surface area (Å²) in [6, 6.07) is 32.1. The Morgan fingerprint density at radius 3 is 1.43 bits per heavy atom. The third-order valence-electron chi connectivity index (χ3n) is 3.75. The third kappa shape index (κ3) is 3.61. The van der Waals surface area contributed by atoms with Crippen molar-refractivity contribution in [3.63, 3.8) is 0 Å². The van der Waals surface area contributed by atoms with Crippen molar-refractivity contribution >= 4 is 0 Å². The highest BCUT2D eigenvalue weighted by molar-refractivity contribution is 5.45. The number of hydrogen-bond acceptors (Lipinski definition) is 0. The van der Waals surface area contributed by atoms with Gasteiger partial charge in [0.25, 0.3) is 0 Å². The lowest BCUT2D eigenvalue weighted by Gasteiger charge is -2.17. The lowest BCUT2D eigenvalue weighted by Crippen LogP contribution is -2.04. The number of hydrogen-bond donors (Lipinski definition) is 0. The smallest absolute Gasteiger partial charge is 0.0343 e. The van der Waals surface area contributed by atoms with Gasteiger partial charge in [0, 0.05) is 5.92 Å². The molecule has 103 valence electrons. The first-order valence-corrected chi connectivity index (χ1v) is 7.44. The predicted molar refractivity (Wildman–Crippen MR) is 89.1 cm³/mol. The van der Waals surface area contributed by atoms with Crippen LogP contribution in [0.5, 0.6) is 0 Å². The summed E-state index contributed by atoms with van der Waals surface area (Å²) in [6.07, 6.45) is 2.12. The molecule has 21 heavy (non-hydrogen) atoms. The van der Waals surface area contributed by atoms with Crippen LogP contribution in [0.3, 0.4) is 0 Å². The average molecular weight is 271 g/mol. The summed E-state index contributed by atoms with van der Waals surface area (Å²) in [5.41, 5.74) is 4.03. The Morgan fingerprint density at radius 1 is 0.524 bits per heavy atom. The zero-order chi connectivity index (χ0) is 14.3. The topological polar surface area (TPSA) is 0 Å². The molecule has 0 nitrogen and oxygen atoms in total. The molecule has 0 spiro atoms. The maximum Gasteiger partial charge on any atom is 0.0343 e. The fourth-order valence-corrected chi connectivity index (χ4v) is 2.65. The second kappa shape index (κ2) is 6.90. The molecule has 0 amide bonds. The molecule has 0 saturated carbocycles. The van der Waals surface area contributed by atoms with Crippen molar-refractivity contribution in [3.8, 4) is 0 Å². The SMILES string of the molecule is c1ccc(CC[C](c2ccccc2)c2ccccc2)cc1. The molecule has 0 aliphatic carbocycles. The zero-order valence-electron chi connectivity index (χ0n) is 12.1. The summed E-state index contributed by atoms with van der Waals surface area (Å²) in [5, 5.41) is 0. The fraction of sp³-hybridized carbons (Fsp3) is 0.0952. The summed E-state index contributed by atoms with van der Waals surface area (Å²) in [5.74, 6) is 1.42.